The van der Waals surface area contributed by atoms with E-state index in [-0.39, 0.29) is 17.8 Å². The quantitative estimate of drug-likeness (QED) is 0.923. The zero-order chi connectivity index (χ0) is 14.3. The van der Waals surface area contributed by atoms with Crippen LogP contribution in [0.5, 0.6) is 0 Å². The highest BCUT2D eigenvalue weighted by molar-refractivity contribution is 7.21. The Hall–Kier alpha value is -1.46. The third-order valence-corrected chi connectivity index (χ3v) is 5.24. The van der Waals surface area contributed by atoms with Crippen molar-refractivity contribution in [2.75, 3.05) is 20.1 Å². The van der Waals surface area contributed by atoms with Crippen LogP contribution in [-0.4, -0.2) is 37.0 Å². The second kappa shape index (κ2) is 5.14. The molecule has 2 heterocycles. The normalized spacial score (nSPS) is 18.6. The maximum absolute atomic E-state index is 13.9. The first-order valence-electron chi connectivity index (χ1n) is 6.75. The number of likely N-dealkylation sites (N-methyl/N-ethyl adjacent to an activating group) is 1. The number of aryl methyl sites for hydroxylation is 1. The summed E-state index contributed by atoms with van der Waals surface area (Å²) in [5.41, 5.74) is 0.755. The van der Waals surface area contributed by atoms with E-state index in [9.17, 15) is 9.18 Å². The summed E-state index contributed by atoms with van der Waals surface area (Å²) in [6, 6.07) is 5.23. The van der Waals surface area contributed by atoms with Gasteiger partial charge < -0.3 is 10.2 Å². The average Bonchev–Trinajstić information content (AvgIpc) is 3.06. The van der Waals surface area contributed by atoms with Crippen LogP contribution in [-0.2, 0) is 0 Å². The molecule has 5 heteroatoms. The first-order valence-corrected chi connectivity index (χ1v) is 7.56. The maximum atomic E-state index is 13.9. The predicted molar refractivity (Wildman–Crippen MR) is 79.9 cm³/mol. The summed E-state index contributed by atoms with van der Waals surface area (Å²) >= 11 is 1.38. The molecule has 1 saturated heterocycles. The van der Waals surface area contributed by atoms with Gasteiger partial charge in [-0.25, -0.2) is 4.39 Å². The van der Waals surface area contributed by atoms with E-state index in [0.717, 1.165) is 29.8 Å². The zero-order valence-electron chi connectivity index (χ0n) is 11.6. The Morgan fingerprint density at radius 3 is 2.95 bits per heavy atom. The zero-order valence-corrected chi connectivity index (χ0v) is 12.4. The Morgan fingerprint density at radius 1 is 1.50 bits per heavy atom. The number of nitrogens with one attached hydrogen (secondary N) is 1. The van der Waals surface area contributed by atoms with Crippen LogP contribution in [0.1, 0.15) is 21.7 Å². The second-order valence-corrected chi connectivity index (χ2v) is 6.28. The number of halogens is 1. The number of carbonyl (C=O) groups excluding carboxylic acids is 1. The van der Waals surface area contributed by atoms with Crippen LogP contribution in [0.15, 0.2) is 18.2 Å². The molecule has 106 valence electrons. The fraction of sp³-hybridized carbons (Fsp3) is 0.400. The van der Waals surface area contributed by atoms with Crippen LogP contribution in [0, 0.1) is 12.7 Å². The topological polar surface area (TPSA) is 32.3 Å². The molecule has 1 aromatic heterocycles. The number of nitrogens with zero attached hydrogens (tertiary/aromatic N) is 1. The van der Waals surface area contributed by atoms with Crippen molar-refractivity contribution < 1.29 is 9.18 Å². The van der Waals surface area contributed by atoms with Gasteiger partial charge in [0, 0.05) is 29.7 Å². The Kier molecular flexibility index (Phi) is 3.48. The standard InChI is InChI=1S/C15H17FN2OS/c1-9-13-11(16)4-3-5-12(13)20-14(9)15(19)18(2)10-6-7-17-8-10/h3-5,10,17H,6-8H2,1-2H3. The van der Waals surface area contributed by atoms with E-state index in [1.165, 1.54) is 17.4 Å². The van der Waals surface area contributed by atoms with Crippen molar-refractivity contribution in [1.29, 1.82) is 0 Å². The van der Waals surface area contributed by atoms with E-state index in [4.69, 9.17) is 0 Å². The molecule has 0 saturated carbocycles. The minimum absolute atomic E-state index is 0.00296. The molecule has 1 aliphatic heterocycles. The summed E-state index contributed by atoms with van der Waals surface area (Å²) in [5.74, 6) is -0.253. The molecule has 2 aromatic rings. The molecule has 1 amide bonds. The lowest BCUT2D eigenvalue weighted by Crippen LogP contribution is -2.38. The summed E-state index contributed by atoms with van der Waals surface area (Å²) in [6.07, 6.45) is 0.973. The van der Waals surface area contributed by atoms with Crippen LogP contribution >= 0.6 is 11.3 Å². The van der Waals surface area contributed by atoms with Crippen molar-refractivity contribution >= 4 is 27.3 Å². The van der Waals surface area contributed by atoms with Crippen molar-refractivity contribution in [3.63, 3.8) is 0 Å². The molecule has 1 aliphatic rings. The largest absolute Gasteiger partial charge is 0.337 e. The Bertz CT molecular complexity index is 661. The molecule has 3 rings (SSSR count). The lowest BCUT2D eigenvalue weighted by atomic mass is 10.1. The number of thiophene rings is 1. The minimum atomic E-state index is -0.250. The van der Waals surface area contributed by atoms with Gasteiger partial charge in [-0.2, -0.15) is 0 Å². The number of hydrogen-bond acceptors (Lipinski definition) is 3. The first kappa shape index (κ1) is 13.5. The molecular weight excluding hydrogens is 275 g/mol. The lowest BCUT2D eigenvalue weighted by Gasteiger charge is -2.23. The van der Waals surface area contributed by atoms with Gasteiger partial charge in [0.25, 0.3) is 5.91 Å². The molecule has 1 atom stereocenters. The third-order valence-electron chi connectivity index (χ3n) is 4.00. The maximum Gasteiger partial charge on any atom is 0.264 e. The van der Waals surface area contributed by atoms with Gasteiger partial charge in [-0.05, 0) is 37.6 Å². The van der Waals surface area contributed by atoms with E-state index in [1.807, 2.05) is 20.0 Å². The summed E-state index contributed by atoms with van der Waals surface area (Å²) in [7, 11) is 1.83. The van der Waals surface area contributed by atoms with E-state index < -0.39 is 0 Å². The number of rotatable bonds is 2. The first-order chi connectivity index (χ1) is 9.59. The van der Waals surface area contributed by atoms with Crippen molar-refractivity contribution in [2.24, 2.45) is 0 Å². The smallest absolute Gasteiger partial charge is 0.264 e. The number of carbonyl (C=O) groups is 1. The van der Waals surface area contributed by atoms with Crippen molar-refractivity contribution in [3.05, 3.63) is 34.5 Å². The minimum Gasteiger partial charge on any atom is -0.337 e. The van der Waals surface area contributed by atoms with Crippen LogP contribution < -0.4 is 5.32 Å². The molecule has 3 nitrogen and oxygen atoms in total. The highest BCUT2D eigenvalue weighted by Crippen LogP contribution is 2.33. The average molecular weight is 292 g/mol. The van der Waals surface area contributed by atoms with Crippen LogP contribution in [0.25, 0.3) is 10.1 Å². The van der Waals surface area contributed by atoms with Crippen molar-refractivity contribution in [1.82, 2.24) is 10.2 Å². The Balaban J connectivity index is 1.99. The van der Waals surface area contributed by atoms with E-state index in [2.05, 4.69) is 5.32 Å². The monoisotopic (exact) mass is 292 g/mol. The second-order valence-electron chi connectivity index (χ2n) is 5.23. The summed E-state index contributed by atoms with van der Waals surface area (Å²) in [4.78, 5) is 15.1. The van der Waals surface area contributed by atoms with Gasteiger partial charge in [0.2, 0.25) is 0 Å². The molecule has 0 aliphatic carbocycles. The Morgan fingerprint density at radius 2 is 2.30 bits per heavy atom. The number of amides is 1. The van der Waals surface area contributed by atoms with Gasteiger partial charge in [-0.3, -0.25) is 4.79 Å². The number of hydrogen-bond donors (Lipinski definition) is 1. The van der Waals surface area contributed by atoms with Gasteiger partial charge in [0.15, 0.2) is 0 Å². The molecule has 1 fully saturated rings. The highest BCUT2D eigenvalue weighted by atomic mass is 32.1. The molecule has 1 aromatic carbocycles. The molecular formula is C15H17FN2OS. The Labute approximate surface area is 121 Å². The van der Waals surface area contributed by atoms with E-state index >= 15 is 0 Å². The third kappa shape index (κ3) is 2.11. The fourth-order valence-corrected chi connectivity index (χ4v) is 3.96. The van der Waals surface area contributed by atoms with Gasteiger partial charge in [0.1, 0.15) is 5.82 Å². The summed E-state index contributed by atoms with van der Waals surface area (Å²) < 4.78 is 14.7. The SMILES string of the molecule is Cc1c(C(=O)N(C)C2CCNC2)sc2cccc(F)c12. The van der Waals surface area contributed by atoms with Crippen molar-refractivity contribution in [3.8, 4) is 0 Å². The molecule has 0 bridgehead atoms. The lowest BCUT2D eigenvalue weighted by molar-refractivity contribution is 0.0748. The van der Waals surface area contributed by atoms with E-state index in [1.54, 1.807) is 11.0 Å². The van der Waals surface area contributed by atoms with Crippen LogP contribution in [0.4, 0.5) is 4.39 Å². The van der Waals surface area contributed by atoms with E-state index in [0.29, 0.717) is 10.3 Å². The van der Waals surface area contributed by atoms with Gasteiger partial charge in [-0.15, -0.1) is 11.3 Å². The predicted octanol–water partition coefficient (Wildman–Crippen LogP) is 2.78. The molecule has 1 N–H and O–H groups in total. The number of fused-ring (bicyclic) bond motifs is 1. The molecule has 0 spiro atoms. The molecule has 0 radical (unpaired) electrons. The fourth-order valence-electron chi connectivity index (χ4n) is 2.75. The van der Waals surface area contributed by atoms with Crippen LogP contribution in [0.3, 0.4) is 0 Å². The highest BCUT2D eigenvalue weighted by Gasteiger charge is 2.27. The molecule has 20 heavy (non-hydrogen) atoms. The van der Waals surface area contributed by atoms with Crippen LogP contribution in [0.2, 0.25) is 0 Å². The number of benzene rings is 1. The summed E-state index contributed by atoms with van der Waals surface area (Å²) in [6.45, 7) is 3.61. The van der Waals surface area contributed by atoms with Gasteiger partial charge in [0.05, 0.1) is 4.88 Å². The van der Waals surface area contributed by atoms with Gasteiger partial charge in [-0.1, -0.05) is 6.07 Å². The molecule has 1 unspecified atom stereocenters. The van der Waals surface area contributed by atoms with Crippen molar-refractivity contribution in [2.45, 2.75) is 19.4 Å². The van der Waals surface area contributed by atoms with Gasteiger partial charge >= 0.3 is 0 Å². The summed E-state index contributed by atoms with van der Waals surface area (Å²) in [5, 5.41) is 3.84.